The van der Waals surface area contributed by atoms with Crippen LogP contribution in [0.5, 0.6) is 0 Å². The molecule has 0 saturated heterocycles. The Morgan fingerprint density at radius 1 is 1.24 bits per heavy atom. The average molecular weight is 385 g/mol. The first-order valence-corrected chi connectivity index (χ1v) is 9.85. The van der Waals surface area contributed by atoms with Gasteiger partial charge in [-0.1, -0.05) is 12.2 Å². The largest absolute Gasteiger partial charge is 0.460 e. The summed E-state index contributed by atoms with van der Waals surface area (Å²) in [6.45, 7) is 2.64. The summed E-state index contributed by atoms with van der Waals surface area (Å²) in [7, 11) is 0. The van der Waals surface area contributed by atoms with Crippen LogP contribution in [0.15, 0.2) is 29.1 Å². The monoisotopic (exact) mass is 385 g/mol. The van der Waals surface area contributed by atoms with Gasteiger partial charge in [-0.05, 0) is 53.8 Å². The topological polar surface area (TPSA) is 87.2 Å². The molecule has 3 aromatic rings. The molecule has 29 heavy (non-hydrogen) atoms. The predicted molar refractivity (Wildman–Crippen MR) is 109 cm³/mol. The van der Waals surface area contributed by atoms with Crippen LogP contribution < -0.4 is 11.3 Å². The van der Waals surface area contributed by atoms with Crippen LogP contribution in [0.3, 0.4) is 0 Å². The highest BCUT2D eigenvalue weighted by Gasteiger charge is 2.33. The van der Waals surface area contributed by atoms with Crippen molar-refractivity contribution in [2.45, 2.75) is 39.0 Å². The minimum atomic E-state index is -0.454. The maximum atomic E-state index is 13.2. The number of hydrogen-bond donors (Lipinski definition) is 1. The molecule has 0 fully saturated rings. The zero-order chi connectivity index (χ0) is 19.9. The highest BCUT2D eigenvalue weighted by atomic mass is 16.5. The molecule has 2 aliphatic heterocycles. The highest BCUT2D eigenvalue weighted by molar-refractivity contribution is 5.91. The molecule has 2 N–H and O–H groups in total. The van der Waals surface area contributed by atoms with E-state index in [1.165, 1.54) is 11.1 Å². The van der Waals surface area contributed by atoms with Crippen LogP contribution in [0.25, 0.3) is 28.4 Å². The Bertz CT molecular complexity index is 1350. The summed E-state index contributed by atoms with van der Waals surface area (Å²) in [5.41, 5.74) is 14.3. The molecule has 6 rings (SSSR count). The first-order valence-electron chi connectivity index (χ1n) is 9.85. The van der Waals surface area contributed by atoms with Gasteiger partial charge in [0.05, 0.1) is 34.9 Å². The van der Waals surface area contributed by atoms with Crippen LogP contribution in [-0.4, -0.2) is 15.5 Å². The Kier molecular flexibility index (Phi) is 3.24. The number of ether oxygens (including phenoxy) is 1. The van der Waals surface area contributed by atoms with Crippen LogP contribution in [0.1, 0.15) is 46.2 Å². The Hall–Kier alpha value is -3.25. The lowest BCUT2D eigenvalue weighted by Gasteiger charge is -2.22. The predicted octanol–water partition coefficient (Wildman–Crippen LogP) is 2.61. The molecular formula is C23H19N3O3. The van der Waals surface area contributed by atoms with Gasteiger partial charge >= 0.3 is 5.97 Å². The standard InChI is InChI=1S/C23H19N3O3/c1-11-14-7-20-21-17(9-26(20)22(27)18(14)10-29-23(11)28)16(8-24)15-5-12-3-2-4-13(12)6-19(15)25-21/h2,4-7,11H,3,8-10,24H2,1H3. The van der Waals surface area contributed by atoms with Crippen molar-refractivity contribution < 1.29 is 9.53 Å². The van der Waals surface area contributed by atoms with E-state index in [0.717, 1.165) is 45.4 Å². The molecule has 0 bridgehead atoms. The first kappa shape index (κ1) is 16.7. The van der Waals surface area contributed by atoms with Crippen LogP contribution in [0, 0.1) is 0 Å². The molecule has 2 aromatic heterocycles. The summed E-state index contributed by atoms with van der Waals surface area (Å²) >= 11 is 0. The molecular weight excluding hydrogens is 366 g/mol. The van der Waals surface area contributed by atoms with Crippen molar-refractivity contribution in [2.75, 3.05) is 0 Å². The van der Waals surface area contributed by atoms with Crippen molar-refractivity contribution in [3.05, 3.63) is 68.0 Å². The summed E-state index contributed by atoms with van der Waals surface area (Å²) < 4.78 is 6.94. The molecule has 1 atom stereocenters. The molecule has 6 heteroatoms. The van der Waals surface area contributed by atoms with Gasteiger partial charge in [-0.15, -0.1) is 0 Å². The number of carbonyl (C=O) groups excluding carboxylic acids is 1. The number of fused-ring (bicyclic) bond motifs is 6. The lowest BCUT2D eigenvalue weighted by atomic mass is 9.93. The number of aromatic nitrogens is 2. The van der Waals surface area contributed by atoms with Gasteiger partial charge < -0.3 is 15.0 Å². The van der Waals surface area contributed by atoms with E-state index in [2.05, 4.69) is 24.3 Å². The number of pyridine rings is 2. The molecule has 0 saturated carbocycles. The van der Waals surface area contributed by atoms with Gasteiger partial charge in [-0.2, -0.15) is 0 Å². The molecule has 144 valence electrons. The van der Waals surface area contributed by atoms with E-state index in [1.807, 2.05) is 6.07 Å². The second-order valence-electron chi connectivity index (χ2n) is 7.98. The number of carbonyl (C=O) groups is 1. The number of nitrogens with zero attached hydrogens (tertiary/aromatic N) is 2. The Balaban J connectivity index is 1.65. The number of hydrogen-bond acceptors (Lipinski definition) is 5. The van der Waals surface area contributed by atoms with Crippen molar-refractivity contribution in [1.82, 2.24) is 9.55 Å². The third-order valence-corrected chi connectivity index (χ3v) is 6.48. The third kappa shape index (κ3) is 2.12. The Morgan fingerprint density at radius 2 is 2.10 bits per heavy atom. The maximum absolute atomic E-state index is 13.2. The zero-order valence-corrected chi connectivity index (χ0v) is 16.0. The van der Waals surface area contributed by atoms with Gasteiger partial charge in [0.25, 0.3) is 5.56 Å². The molecule has 0 spiro atoms. The van der Waals surface area contributed by atoms with E-state index in [4.69, 9.17) is 15.5 Å². The van der Waals surface area contributed by atoms with E-state index in [1.54, 1.807) is 11.5 Å². The van der Waals surface area contributed by atoms with Gasteiger partial charge in [-0.3, -0.25) is 9.59 Å². The number of nitrogens with two attached hydrogens (primary N) is 1. The van der Waals surface area contributed by atoms with Crippen LogP contribution >= 0.6 is 0 Å². The Morgan fingerprint density at radius 3 is 2.93 bits per heavy atom. The number of cyclic esters (lactones) is 1. The lowest BCUT2D eigenvalue weighted by Crippen LogP contribution is -2.31. The van der Waals surface area contributed by atoms with E-state index >= 15 is 0 Å². The van der Waals surface area contributed by atoms with Crippen molar-refractivity contribution in [3.63, 3.8) is 0 Å². The molecule has 6 nitrogen and oxygen atoms in total. The Labute approximate surface area is 166 Å². The van der Waals surface area contributed by atoms with E-state index < -0.39 is 5.92 Å². The molecule has 3 aliphatic rings. The quantitative estimate of drug-likeness (QED) is 0.509. The summed E-state index contributed by atoms with van der Waals surface area (Å²) in [6, 6.07) is 6.23. The van der Waals surface area contributed by atoms with Crippen LogP contribution in [0.2, 0.25) is 0 Å². The fraction of sp³-hybridized carbons (Fsp3) is 0.261. The zero-order valence-electron chi connectivity index (χ0n) is 16.0. The van der Waals surface area contributed by atoms with Crippen molar-refractivity contribution in [3.8, 4) is 11.4 Å². The van der Waals surface area contributed by atoms with Gasteiger partial charge in [-0.25, -0.2) is 4.98 Å². The SMILES string of the molecule is CC1C(=O)OCc2c1cc1n(c2=O)Cc2c-1nc1cc3c(cc1c2CN)CC=C3. The van der Waals surface area contributed by atoms with Crippen LogP contribution in [-0.2, 0) is 35.6 Å². The van der Waals surface area contributed by atoms with E-state index in [9.17, 15) is 9.59 Å². The minimum absolute atomic E-state index is 0.0339. The number of rotatable bonds is 1. The van der Waals surface area contributed by atoms with Crippen LogP contribution in [0.4, 0.5) is 0 Å². The molecule has 1 aliphatic carbocycles. The maximum Gasteiger partial charge on any atom is 0.313 e. The second-order valence-corrected chi connectivity index (χ2v) is 7.98. The van der Waals surface area contributed by atoms with Gasteiger partial charge in [0.2, 0.25) is 0 Å². The fourth-order valence-electron chi connectivity index (χ4n) is 4.88. The van der Waals surface area contributed by atoms with Crippen molar-refractivity contribution >= 4 is 22.9 Å². The lowest BCUT2D eigenvalue weighted by molar-refractivity contribution is -0.147. The highest BCUT2D eigenvalue weighted by Crippen LogP contribution is 2.39. The summed E-state index contributed by atoms with van der Waals surface area (Å²) in [4.78, 5) is 30.2. The number of allylic oxidation sites excluding steroid dienone is 1. The second kappa shape index (κ2) is 5.64. The third-order valence-electron chi connectivity index (χ3n) is 6.48. The summed E-state index contributed by atoms with van der Waals surface area (Å²) in [5.74, 6) is -0.749. The average Bonchev–Trinajstić information content (AvgIpc) is 3.32. The fourth-order valence-corrected chi connectivity index (χ4v) is 4.88. The van der Waals surface area contributed by atoms with Gasteiger partial charge in [0, 0.05) is 17.5 Å². The van der Waals surface area contributed by atoms with E-state index in [-0.39, 0.29) is 18.1 Å². The minimum Gasteiger partial charge on any atom is -0.460 e. The molecule has 0 radical (unpaired) electrons. The van der Waals surface area contributed by atoms with Gasteiger partial charge in [0.1, 0.15) is 6.61 Å². The van der Waals surface area contributed by atoms with E-state index in [0.29, 0.717) is 18.7 Å². The number of benzene rings is 1. The first-order chi connectivity index (χ1) is 14.1. The molecule has 1 unspecified atom stereocenters. The van der Waals surface area contributed by atoms with Gasteiger partial charge in [0.15, 0.2) is 0 Å². The summed E-state index contributed by atoms with van der Waals surface area (Å²) in [6.07, 6.45) is 5.19. The smallest absolute Gasteiger partial charge is 0.313 e. The van der Waals surface area contributed by atoms with Crippen molar-refractivity contribution in [2.24, 2.45) is 5.73 Å². The molecule has 0 amide bonds. The molecule has 1 aromatic carbocycles. The normalized spacial score (nSPS) is 18.4. The summed E-state index contributed by atoms with van der Waals surface area (Å²) in [5, 5.41) is 1.06. The number of esters is 1. The van der Waals surface area contributed by atoms with Crippen molar-refractivity contribution in [1.29, 1.82) is 0 Å². The molecule has 4 heterocycles.